The summed E-state index contributed by atoms with van der Waals surface area (Å²) in [5.41, 5.74) is 0. The van der Waals surface area contributed by atoms with Crippen LogP contribution in [0.3, 0.4) is 0 Å². The predicted octanol–water partition coefficient (Wildman–Crippen LogP) is 1.44. The van der Waals surface area contributed by atoms with Crippen molar-refractivity contribution in [3.8, 4) is 5.75 Å². The summed E-state index contributed by atoms with van der Waals surface area (Å²) in [5.74, 6) is 1.12. The molecule has 0 radical (unpaired) electrons. The number of hydrogen-bond donors (Lipinski definition) is 3. The Morgan fingerprint density at radius 2 is 2.11 bits per heavy atom. The summed E-state index contributed by atoms with van der Waals surface area (Å²) >= 11 is 5.95. The average molecular weight is 286 g/mol. The van der Waals surface area contributed by atoms with Gasteiger partial charge >= 0.3 is 0 Å². The number of aliphatic hydroxyl groups excluding tert-OH is 2. The van der Waals surface area contributed by atoms with Crippen LogP contribution in [0.1, 0.15) is 12.8 Å². The van der Waals surface area contributed by atoms with Gasteiger partial charge < -0.3 is 20.3 Å². The zero-order valence-corrected chi connectivity index (χ0v) is 11.5. The molecule has 0 amide bonds. The van der Waals surface area contributed by atoms with Gasteiger partial charge in [0.25, 0.3) is 0 Å². The van der Waals surface area contributed by atoms with E-state index < -0.39 is 6.10 Å². The van der Waals surface area contributed by atoms with Crippen molar-refractivity contribution in [2.45, 2.75) is 25.0 Å². The molecule has 19 heavy (non-hydrogen) atoms. The minimum absolute atomic E-state index is 0.125. The van der Waals surface area contributed by atoms with Crippen molar-refractivity contribution >= 4 is 11.6 Å². The number of halogens is 1. The lowest BCUT2D eigenvalue weighted by Gasteiger charge is -2.31. The average Bonchev–Trinajstić information content (AvgIpc) is 2.35. The van der Waals surface area contributed by atoms with E-state index in [0.717, 1.165) is 19.4 Å². The topological polar surface area (TPSA) is 61.7 Å². The molecule has 1 aromatic rings. The summed E-state index contributed by atoms with van der Waals surface area (Å²) in [5, 5.41) is 22.7. The molecule has 1 aliphatic carbocycles. The van der Waals surface area contributed by atoms with Crippen LogP contribution in [0.15, 0.2) is 24.3 Å². The van der Waals surface area contributed by atoms with Gasteiger partial charge in [0.05, 0.1) is 11.1 Å². The highest BCUT2D eigenvalue weighted by Crippen LogP contribution is 2.26. The zero-order chi connectivity index (χ0) is 13.7. The molecule has 4 nitrogen and oxygen atoms in total. The SMILES string of the molecule is OC(CNCC1CC(O)C1)COc1ccccc1Cl. The number of para-hydroxylation sites is 1. The van der Waals surface area contributed by atoms with E-state index in [0.29, 0.717) is 23.2 Å². The third-order valence-corrected chi connectivity index (χ3v) is 3.60. The van der Waals surface area contributed by atoms with Gasteiger partial charge in [-0.05, 0) is 37.4 Å². The van der Waals surface area contributed by atoms with Gasteiger partial charge in [0.2, 0.25) is 0 Å². The van der Waals surface area contributed by atoms with E-state index in [2.05, 4.69) is 5.32 Å². The second-order valence-corrected chi connectivity index (χ2v) is 5.45. The highest BCUT2D eigenvalue weighted by atomic mass is 35.5. The summed E-state index contributed by atoms with van der Waals surface area (Å²) < 4.78 is 5.45. The lowest BCUT2D eigenvalue weighted by atomic mass is 9.82. The van der Waals surface area contributed by atoms with Crippen LogP contribution in [-0.4, -0.2) is 42.1 Å². The van der Waals surface area contributed by atoms with Gasteiger partial charge in [0, 0.05) is 6.54 Å². The Bertz CT molecular complexity index is 396. The molecule has 3 N–H and O–H groups in total. The Balaban J connectivity index is 1.59. The van der Waals surface area contributed by atoms with Gasteiger partial charge in [-0.3, -0.25) is 0 Å². The van der Waals surface area contributed by atoms with E-state index >= 15 is 0 Å². The molecule has 0 saturated heterocycles. The normalized spacial score (nSPS) is 23.7. The first-order valence-electron chi connectivity index (χ1n) is 6.59. The molecule has 0 bridgehead atoms. The number of hydrogen-bond acceptors (Lipinski definition) is 4. The lowest BCUT2D eigenvalue weighted by molar-refractivity contribution is 0.0400. The predicted molar refractivity (Wildman–Crippen MR) is 74.6 cm³/mol. The molecule has 0 spiro atoms. The zero-order valence-electron chi connectivity index (χ0n) is 10.8. The Morgan fingerprint density at radius 3 is 2.79 bits per heavy atom. The minimum atomic E-state index is -0.568. The van der Waals surface area contributed by atoms with Crippen LogP contribution in [0.2, 0.25) is 5.02 Å². The molecule has 1 unspecified atom stereocenters. The first-order valence-corrected chi connectivity index (χ1v) is 6.97. The molecule has 1 saturated carbocycles. The third kappa shape index (κ3) is 4.66. The van der Waals surface area contributed by atoms with Crippen molar-refractivity contribution in [1.29, 1.82) is 0 Å². The van der Waals surface area contributed by atoms with Crippen LogP contribution < -0.4 is 10.1 Å². The van der Waals surface area contributed by atoms with Crippen molar-refractivity contribution < 1.29 is 14.9 Å². The van der Waals surface area contributed by atoms with E-state index in [4.69, 9.17) is 21.4 Å². The summed E-state index contributed by atoms with van der Waals surface area (Å²) in [4.78, 5) is 0. The van der Waals surface area contributed by atoms with Crippen LogP contribution in [0.5, 0.6) is 5.75 Å². The van der Waals surface area contributed by atoms with Crippen LogP contribution >= 0.6 is 11.6 Å². The maximum absolute atomic E-state index is 9.78. The Labute approximate surface area is 118 Å². The Kier molecular flexibility index (Phi) is 5.45. The molecule has 5 heteroatoms. The van der Waals surface area contributed by atoms with Crippen LogP contribution in [0.4, 0.5) is 0 Å². The van der Waals surface area contributed by atoms with Gasteiger partial charge in [0.15, 0.2) is 0 Å². The quantitative estimate of drug-likeness (QED) is 0.709. The molecule has 1 fully saturated rings. The van der Waals surface area contributed by atoms with Crippen molar-refractivity contribution in [1.82, 2.24) is 5.32 Å². The van der Waals surface area contributed by atoms with E-state index in [-0.39, 0.29) is 12.7 Å². The van der Waals surface area contributed by atoms with E-state index in [1.54, 1.807) is 12.1 Å². The molecule has 0 aromatic heterocycles. The fourth-order valence-corrected chi connectivity index (χ4v) is 2.32. The first kappa shape index (κ1) is 14.6. The van der Waals surface area contributed by atoms with Gasteiger partial charge in [-0.25, -0.2) is 0 Å². The minimum Gasteiger partial charge on any atom is -0.489 e. The molecule has 0 heterocycles. The van der Waals surface area contributed by atoms with Crippen molar-refractivity contribution in [2.24, 2.45) is 5.92 Å². The van der Waals surface area contributed by atoms with E-state index in [9.17, 15) is 5.11 Å². The van der Waals surface area contributed by atoms with Gasteiger partial charge in [-0.15, -0.1) is 0 Å². The van der Waals surface area contributed by atoms with E-state index in [1.165, 1.54) is 0 Å². The molecule has 1 atom stereocenters. The van der Waals surface area contributed by atoms with Gasteiger partial charge in [-0.2, -0.15) is 0 Å². The molecule has 0 aliphatic heterocycles. The summed E-state index contributed by atoms with van der Waals surface area (Å²) in [7, 11) is 0. The largest absolute Gasteiger partial charge is 0.489 e. The maximum atomic E-state index is 9.78. The number of benzene rings is 1. The Hall–Kier alpha value is -0.810. The molecular formula is C14H20ClNO3. The highest BCUT2D eigenvalue weighted by Gasteiger charge is 2.26. The number of nitrogens with one attached hydrogen (secondary N) is 1. The molecular weight excluding hydrogens is 266 g/mol. The maximum Gasteiger partial charge on any atom is 0.138 e. The monoisotopic (exact) mass is 285 g/mol. The third-order valence-electron chi connectivity index (χ3n) is 3.29. The second-order valence-electron chi connectivity index (χ2n) is 5.04. The van der Waals surface area contributed by atoms with Crippen LogP contribution in [-0.2, 0) is 0 Å². The van der Waals surface area contributed by atoms with E-state index in [1.807, 2.05) is 12.1 Å². The van der Waals surface area contributed by atoms with Crippen molar-refractivity contribution in [3.05, 3.63) is 29.3 Å². The summed E-state index contributed by atoms with van der Waals surface area (Å²) in [6.45, 7) is 1.53. The van der Waals surface area contributed by atoms with Crippen molar-refractivity contribution in [3.63, 3.8) is 0 Å². The molecule has 1 aromatic carbocycles. The van der Waals surface area contributed by atoms with Gasteiger partial charge in [-0.1, -0.05) is 23.7 Å². The summed E-state index contributed by atoms with van der Waals surface area (Å²) in [6, 6.07) is 7.20. The number of aliphatic hydroxyl groups is 2. The standard InChI is InChI=1S/C14H20ClNO3/c15-13-3-1-2-4-14(13)19-9-12(18)8-16-7-10-5-11(17)6-10/h1-4,10-12,16-18H,5-9H2. The van der Waals surface area contributed by atoms with Crippen LogP contribution in [0.25, 0.3) is 0 Å². The highest BCUT2D eigenvalue weighted by molar-refractivity contribution is 6.32. The van der Waals surface area contributed by atoms with Gasteiger partial charge in [0.1, 0.15) is 18.5 Å². The molecule has 2 rings (SSSR count). The van der Waals surface area contributed by atoms with Crippen molar-refractivity contribution in [2.75, 3.05) is 19.7 Å². The lowest BCUT2D eigenvalue weighted by Crippen LogP contribution is -2.39. The molecule has 106 valence electrons. The first-order chi connectivity index (χ1) is 9.15. The second kappa shape index (κ2) is 7.10. The Morgan fingerprint density at radius 1 is 1.37 bits per heavy atom. The fourth-order valence-electron chi connectivity index (χ4n) is 2.13. The number of rotatable bonds is 7. The fraction of sp³-hybridized carbons (Fsp3) is 0.571. The summed E-state index contributed by atoms with van der Waals surface area (Å²) in [6.07, 6.45) is 1.03. The van der Waals surface area contributed by atoms with Crippen LogP contribution in [0, 0.1) is 5.92 Å². The molecule has 1 aliphatic rings. The number of ether oxygens (including phenoxy) is 1. The smallest absolute Gasteiger partial charge is 0.138 e.